The number of alkyl halides is 1. The third-order valence-electron chi connectivity index (χ3n) is 2.98. The van der Waals surface area contributed by atoms with Gasteiger partial charge in [0.1, 0.15) is 11.9 Å². The Labute approximate surface area is 95.6 Å². The Morgan fingerprint density at radius 1 is 1.38 bits per heavy atom. The van der Waals surface area contributed by atoms with Crippen molar-refractivity contribution in [2.75, 3.05) is 13.2 Å². The van der Waals surface area contributed by atoms with Gasteiger partial charge in [0.25, 0.3) is 0 Å². The third kappa shape index (κ3) is 2.73. The molecule has 1 aromatic rings. The van der Waals surface area contributed by atoms with Crippen LogP contribution >= 0.6 is 0 Å². The Morgan fingerprint density at radius 2 is 2.25 bits per heavy atom. The molecule has 0 amide bonds. The molecular formula is C13H18FNO. The smallest absolute Gasteiger partial charge is 0.122 e. The zero-order valence-corrected chi connectivity index (χ0v) is 9.42. The van der Waals surface area contributed by atoms with E-state index in [0.717, 1.165) is 25.2 Å². The van der Waals surface area contributed by atoms with Gasteiger partial charge in [0, 0.05) is 6.42 Å². The lowest BCUT2D eigenvalue weighted by Gasteiger charge is -2.07. The zero-order valence-electron chi connectivity index (χ0n) is 9.42. The van der Waals surface area contributed by atoms with Gasteiger partial charge in [-0.2, -0.15) is 0 Å². The van der Waals surface area contributed by atoms with Crippen LogP contribution in [-0.4, -0.2) is 19.3 Å². The Kier molecular flexibility index (Phi) is 3.78. The van der Waals surface area contributed by atoms with Gasteiger partial charge in [-0.25, -0.2) is 4.39 Å². The van der Waals surface area contributed by atoms with E-state index in [1.165, 1.54) is 11.1 Å². The van der Waals surface area contributed by atoms with Crippen LogP contribution in [-0.2, 0) is 12.8 Å². The number of ether oxygens (including phenoxy) is 1. The molecule has 0 fully saturated rings. The van der Waals surface area contributed by atoms with Crippen LogP contribution in [0.3, 0.4) is 0 Å². The summed E-state index contributed by atoms with van der Waals surface area (Å²) >= 11 is 0. The normalized spacial score (nSPS) is 15.6. The van der Waals surface area contributed by atoms with Crippen LogP contribution in [0.2, 0.25) is 0 Å². The second-order valence-corrected chi connectivity index (χ2v) is 4.25. The molecule has 3 heteroatoms. The quantitative estimate of drug-likeness (QED) is 0.831. The molecule has 0 aliphatic carbocycles. The standard InChI is InChI=1S/C13H18FNO/c14-12(5-7-15)3-1-10-2-4-13-11(9-10)6-8-16-13/h2,4,9,12H,1,3,5-8,15H2. The van der Waals surface area contributed by atoms with Gasteiger partial charge in [0.2, 0.25) is 0 Å². The number of rotatable bonds is 5. The highest BCUT2D eigenvalue weighted by Crippen LogP contribution is 2.26. The van der Waals surface area contributed by atoms with Crippen molar-refractivity contribution in [3.8, 4) is 5.75 Å². The Bertz CT molecular complexity index is 354. The first-order chi connectivity index (χ1) is 7.79. The minimum absolute atomic E-state index is 0.430. The van der Waals surface area contributed by atoms with Gasteiger partial charge in [0.05, 0.1) is 6.61 Å². The van der Waals surface area contributed by atoms with E-state index in [2.05, 4.69) is 6.07 Å². The molecule has 1 aliphatic rings. The van der Waals surface area contributed by atoms with Crippen molar-refractivity contribution in [3.05, 3.63) is 29.3 Å². The molecule has 0 aromatic heterocycles. The molecule has 2 rings (SSSR count). The number of hydrogen-bond donors (Lipinski definition) is 1. The van der Waals surface area contributed by atoms with Crippen molar-refractivity contribution in [2.24, 2.45) is 5.73 Å². The second kappa shape index (κ2) is 5.30. The molecule has 1 aromatic carbocycles. The summed E-state index contributed by atoms with van der Waals surface area (Å²) in [6.07, 6.45) is 2.03. The maximum absolute atomic E-state index is 13.3. The fourth-order valence-electron chi connectivity index (χ4n) is 2.04. The number of fused-ring (bicyclic) bond motifs is 1. The van der Waals surface area contributed by atoms with Crippen LogP contribution in [0.5, 0.6) is 5.75 Å². The first-order valence-electron chi connectivity index (χ1n) is 5.88. The van der Waals surface area contributed by atoms with Crippen LogP contribution in [0.1, 0.15) is 24.0 Å². The van der Waals surface area contributed by atoms with Crippen LogP contribution < -0.4 is 10.5 Å². The number of benzene rings is 1. The average molecular weight is 223 g/mol. The summed E-state index contributed by atoms with van der Waals surface area (Å²) in [4.78, 5) is 0. The van der Waals surface area contributed by atoms with Gasteiger partial charge in [-0.15, -0.1) is 0 Å². The van der Waals surface area contributed by atoms with E-state index in [4.69, 9.17) is 10.5 Å². The number of aryl methyl sites for hydroxylation is 1. The van der Waals surface area contributed by atoms with E-state index in [1.807, 2.05) is 12.1 Å². The largest absolute Gasteiger partial charge is 0.493 e. The molecule has 1 unspecified atom stereocenters. The van der Waals surface area contributed by atoms with E-state index in [9.17, 15) is 4.39 Å². The lowest BCUT2D eigenvalue weighted by molar-refractivity contribution is 0.300. The Morgan fingerprint density at radius 3 is 3.06 bits per heavy atom. The summed E-state index contributed by atoms with van der Waals surface area (Å²) in [5.41, 5.74) is 7.77. The summed E-state index contributed by atoms with van der Waals surface area (Å²) in [7, 11) is 0. The second-order valence-electron chi connectivity index (χ2n) is 4.25. The minimum atomic E-state index is -0.769. The molecule has 0 radical (unpaired) electrons. The average Bonchev–Trinajstić information content (AvgIpc) is 2.74. The van der Waals surface area contributed by atoms with Crippen LogP contribution in [0.4, 0.5) is 4.39 Å². The number of hydrogen-bond acceptors (Lipinski definition) is 2. The van der Waals surface area contributed by atoms with Crippen molar-refractivity contribution >= 4 is 0 Å². The van der Waals surface area contributed by atoms with E-state index < -0.39 is 6.17 Å². The summed E-state index contributed by atoms with van der Waals surface area (Å²) in [6.45, 7) is 1.21. The molecule has 0 spiro atoms. The summed E-state index contributed by atoms with van der Waals surface area (Å²) < 4.78 is 18.7. The maximum atomic E-state index is 13.3. The third-order valence-corrected chi connectivity index (χ3v) is 2.98. The minimum Gasteiger partial charge on any atom is -0.493 e. The van der Waals surface area contributed by atoms with Crippen molar-refractivity contribution in [2.45, 2.75) is 31.9 Å². The monoisotopic (exact) mass is 223 g/mol. The van der Waals surface area contributed by atoms with Crippen LogP contribution in [0.15, 0.2) is 18.2 Å². The van der Waals surface area contributed by atoms with Crippen molar-refractivity contribution < 1.29 is 9.13 Å². The molecule has 1 aliphatic heterocycles. The molecule has 0 bridgehead atoms. The molecule has 1 atom stereocenters. The first-order valence-corrected chi connectivity index (χ1v) is 5.88. The van der Waals surface area contributed by atoms with Gasteiger partial charge in [-0.05, 0) is 43.0 Å². The predicted molar refractivity (Wildman–Crippen MR) is 62.5 cm³/mol. The highest BCUT2D eigenvalue weighted by molar-refractivity contribution is 5.39. The van der Waals surface area contributed by atoms with Gasteiger partial charge in [0.15, 0.2) is 0 Å². The highest BCUT2D eigenvalue weighted by Gasteiger charge is 2.12. The molecule has 0 saturated carbocycles. The highest BCUT2D eigenvalue weighted by atomic mass is 19.1. The molecule has 2 nitrogen and oxygen atoms in total. The Balaban J connectivity index is 1.90. The van der Waals surface area contributed by atoms with Crippen LogP contribution in [0, 0.1) is 0 Å². The van der Waals surface area contributed by atoms with E-state index in [1.54, 1.807) is 0 Å². The lowest BCUT2D eigenvalue weighted by atomic mass is 10.0. The zero-order chi connectivity index (χ0) is 11.4. The van der Waals surface area contributed by atoms with Crippen LogP contribution in [0.25, 0.3) is 0 Å². The van der Waals surface area contributed by atoms with Crippen molar-refractivity contribution in [3.63, 3.8) is 0 Å². The summed E-state index contributed by atoms with van der Waals surface area (Å²) in [6, 6.07) is 6.16. The topological polar surface area (TPSA) is 35.2 Å². The molecule has 2 N–H and O–H groups in total. The van der Waals surface area contributed by atoms with Gasteiger partial charge >= 0.3 is 0 Å². The number of halogens is 1. The Hall–Kier alpha value is -1.09. The van der Waals surface area contributed by atoms with E-state index in [-0.39, 0.29) is 0 Å². The van der Waals surface area contributed by atoms with Gasteiger partial charge < -0.3 is 10.5 Å². The van der Waals surface area contributed by atoms with Crippen molar-refractivity contribution in [1.29, 1.82) is 0 Å². The molecule has 0 saturated heterocycles. The lowest BCUT2D eigenvalue weighted by Crippen LogP contribution is -2.10. The SMILES string of the molecule is NCCC(F)CCc1ccc2c(c1)CCO2. The van der Waals surface area contributed by atoms with Gasteiger partial charge in [-0.1, -0.05) is 12.1 Å². The summed E-state index contributed by atoms with van der Waals surface area (Å²) in [5.74, 6) is 0.988. The van der Waals surface area contributed by atoms with E-state index >= 15 is 0 Å². The van der Waals surface area contributed by atoms with Gasteiger partial charge in [-0.3, -0.25) is 0 Å². The summed E-state index contributed by atoms with van der Waals surface area (Å²) in [5, 5.41) is 0. The number of nitrogens with two attached hydrogens (primary N) is 1. The molecule has 1 heterocycles. The molecule has 16 heavy (non-hydrogen) atoms. The maximum Gasteiger partial charge on any atom is 0.122 e. The van der Waals surface area contributed by atoms with Crippen molar-refractivity contribution in [1.82, 2.24) is 0 Å². The molecular weight excluding hydrogens is 205 g/mol. The van der Waals surface area contributed by atoms with E-state index in [0.29, 0.717) is 19.4 Å². The predicted octanol–water partition coefficient (Wildman–Crippen LogP) is 2.24. The fourth-order valence-corrected chi connectivity index (χ4v) is 2.04. The molecule has 88 valence electrons. The fraction of sp³-hybridized carbons (Fsp3) is 0.538. The first kappa shape index (κ1) is 11.4.